The van der Waals surface area contributed by atoms with Gasteiger partial charge in [0.25, 0.3) is 0 Å². The SMILES string of the molecule is C=CCN(CC=C)S(=O)(=O)c1ccc(CNC)cc1. The third kappa shape index (κ3) is 4.02. The first kappa shape index (κ1) is 15.6. The normalized spacial score (nSPS) is 11.5. The summed E-state index contributed by atoms with van der Waals surface area (Å²) in [7, 11) is -1.64. The van der Waals surface area contributed by atoms with Crippen molar-refractivity contribution in [2.24, 2.45) is 0 Å². The molecule has 0 atom stereocenters. The van der Waals surface area contributed by atoms with Gasteiger partial charge in [-0.3, -0.25) is 0 Å². The van der Waals surface area contributed by atoms with Crippen LogP contribution >= 0.6 is 0 Å². The van der Waals surface area contributed by atoms with E-state index in [9.17, 15) is 8.42 Å². The number of nitrogens with zero attached hydrogens (tertiary/aromatic N) is 1. The molecule has 0 saturated heterocycles. The third-order valence-electron chi connectivity index (χ3n) is 2.61. The molecule has 0 heterocycles. The Bertz CT molecular complexity index is 511. The first-order valence-electron chi connectivity index (χ1n) is 6.01. The predicted octanol–water partition coefficient (Wildman–Crippen LogP) is 1.77. The van der Waals surface area contributed by atoms with Gasteiger partial charge in [0.1, 0.15) is 0 Å². The molecule has 0 aliphatic rings. The van der Waals surface area contributed by atoms with Crippen LogP contribution in [0.5, 0.6) is 0 Å². The molecule has 0 amide bonds. The molecule has 0 aliphatic heterocycles. The molecular weight excluding hydrogens is 260 g/mol. The summed E-state index contributed by atoms with van der Waals surface area (Å²) in [4.78, 5) is 0.288. The van der Waals surface area contributed by atoms with Gasteiger partial charge in [-0.05, 0) is 24.7 Å². The highest BCUT2D eigenvalue weighted by atomic mass is 32.2. The lowest BCUT2D eigenvalue weighted by atomic mass is 10.2. The monoisotopic (exact) mass is 280 g/mol. The Labute approximate surface area is 115 Å². The molecule has 0 bridgehead atoms. The van der Waals surface area contributed by atoms with Gasteiger partial charge in [-0.15, -0.1) is 13.2 Å². The molecule has 0 unspecified atom stereocenters. The molecule has 0 aromatic heterocycles. The molecule has 1 aromatic carbocycles. The molecule has 1 N–H and O–H groups in total. The standard InChI is InChI=1S/C14H20N2O2S/c1-4-10-16(11-5-2)19(17,18)14-8-6-13(7-9-14)12-15-3/h4-9,15H,1-2,10-12H2,3H3. The predicted molar refractivity (Wildman–Crippen MR) is 78.4 cm³/mol. The molecule has 0 spiro atoms. The minimum atomic E-state index is -3.49. The average molecular weight is 280 g/mol. The second-order valence-corrected chi connectivity index (χ2v) is 6.01. The molecule has 1 rings (SSSR count). The van der Waals surface area contributed by atoms with Gasteiger partial charge in [-0.2, -0.15) is 4.31 Å². The van der Waals surface area contributed by atoms with Crippen molar-refractivity contribution < 1.29 is 8.42 Å². The number of hydrogen-bond donors (Lipinski definition) is 1. The van der Waals surface area contributed by atoms with Crippen molar-refractivity contribution in [3.05, 3.63) is 55.1 Å². The summed E-state index contributed by atoms with van der Waals surface area (Å²) in [6.45, 7) is 8.41. The maximum absolute atomic E-state index is 12.4. The Morgan fingerprint density at radius 3 is 2.11 bits per heavy atom. The largest absolute Gasteiger partial charge is 0.316 e. The van der Waals surface area contributed by atoms with Crippen LogP contribution in [0.4, 0.5) is 0 Å². The van der Waals surface area contributed by atoms with Gasteiger partial charge >= 0.3 is 0 Å². The fourth-order valence-corrected chi connectivity index (χ4v) is 3.07. The van der Waals surface area contributed by atoms with Gasteiger partial charge in [0.05, 0.1) is 4.90 Å². The zero-order valence-corrected chi connectivity index (χ0v) is 12.0. The molecule has 0 fully saturated rings. The summed E-state index contributed by atoms with van der Waals surface area (Å²) in [5.74, 6) is 0. The van der Waals surface area contributed by atoms with Crippen LogP contribution in [0.15, 0.2) is 54.5 Å². The van der Waals surface area contributed by atoms with E-state index >= 15 is 0 Å². The van der Waals surface area contributed by atoms with Gasteiger partial charge in [-0.1, -0.05) is 24.3 Å². The van der Waals surface area contributed by atoms with Crippen molar-refractivity contribution in [1.82, 2.24) is 9.62 Å². The number of benzene rings is 1. The van der Waals surface area contributed by atoms with E-state index < -0.39 is 10.0 Å². The van der Waals surface area contributed by atoms with Crippen LogP contribution in [0.1, 0.15) is 5.56 Å². The third-order valence-corrected chi connectivity index (χ3v) is 4.45. The highest BCUT2D eigenvalue weighted by molar-refractivity contribution is 7.89. The Morgan fingerprint density at radius 1 is 1.16 bits per heavy atom. The Hall–Kier alpha value is -1.43. The highest BCUT2D eigenvalue weighted by Gasteiger charge is 2.21. The van der Waals surface area contributed by atoms with E-state index in [1.807, 2.05) is 19.2 Å². The van der Waals surface area contributed by atoms with Gasteiger partial charge in [0.2, 0.25) is 10.0 Å². The topological polar surface area (TPSA) is 49.4 Å². The molecule has 1 aromatic rings. The smallest absolute Gasteiger partial charge is 0.243 e. The van der Waals surface area contributed by atoms with Crippen LogP contribution in [0.2, 0.25) is 0 Å². The quantitative estimate of drug-likeness (QED) is 0.738. The van der Waals surface area contributed by atoms with E-state index in [1.54, 1.807) is 24.3 Å². The number of rotatable bonds is 8. The number of nitrogens with one attached hydrogen (secondary N) is 1. The molecule has 0 aliphatic carbocycles. The summed E-state index contributed by atoms with van der Waals surface area (Å²) in [5.41, 5.74) is 1.04. The lowest BCUT2D eigenvalue weighted by molar-refractivity contribution is 0.474. The average Bonchev–Trinajstić information content (AvgIpc) is 2.39. The summed E-state index contributed by atoms with van der Waals surface area (Å²) >= 11 is 0. The lowest BCUT2D eigenvalue weighted by Crippen LogP contribution is -2.31. The van der Waals surface area contributed by atoms with Crippen molar-refractivity contribution >= 4 is 10.0 Å². The summed E-state index contributed by atoms with van der Waals surface area (Å²) < 4.78 is 26.1. The van der Waals surface area contributed by atoms with E-state index in [2.05, 4.69) is 18.5 Å². The second kappa shape index (κ2) is 7.23. The molecule has 4 nitrogen and oxygen atoms in total. The van der Waals surface area contributed by atoms with Gasteiger partial charge in [-0.25, -0.2) is 8.42 Å². The van der Waals surface area contributed by atoms with E-state index in [4.69, 9.17) is 0 Å². The summed E-state index contributed by atoms with van der Waals surface area (Å²) in [6.07, 6.45) is 3.13. The maximum Gasteiger partial charge on any atom is 0.243 e. The summed E-state index contributed by atoms with van der Waals surface area (Å²) in [5, 5.41) is 3.02. The van der Waals surface area contributed by atoms with Gasteiger partial charge in [0.15, 0.2) is 0 Å². The van der Waals surface area contributed by atoms with E-state index in [0.717, 1.165) is 5.56 Å². The Balaban J connectivity index is 3.03. The number of hydrogen-bond acceptors (Lipinski definition) is 3. The zero-order chi connectivity index (χ0) is 14.3. The van der Waals surface area contributed by atoms with Crippen molar-refractivity contribution in [2.75, 3.05) is 20.1 Å². The van der Waals surface area contributed by atoms with Crippen molar-refractivity contribution in [3.63, 3.8) is 0 Å². The van der Waals surface area contributed by atoms with Crippen LogP contribution in [-0.2, 0) is 16.6 Å². The van der Waals surface area contributed by atoms with Gasteiger partial charge < -0.3 is 5.32 Å². The van der Waals surface area contributed by atoms with Crippen LogP contribution in [0.3, 0.4) is 0 Å². The maximum atomic E-state index is 12.4. The lowest BCUT2D eigenvalue weighted by Gasteiger charge is -2.19. The fourth-order valence-electron chi connectivity index (χ4n) is 1.69. The van der Waals surface area contributed by atoms with Crippen LogP contribution < -0.4 is 5.32 Å². The highest BCUT2D eigenvalue weighted by Crippen LogP contribution is 2.16. The van der Waals surface area contributed by atoms with Crippen molar-refractivity contribution in [3.8, 4) is 0 Å². The summed E-state index contributed by atoms with van der Waals surface area (Å²) in [6, 6.07) is 6.87. The first-order valence-corrected chi connectivity index (χ1v) is 7.45. The van der Waals surface area contributed by atoms with Crippen molar-refractivity contribution in [1.29, 1.82) is 0 Å². The van der Waals surface area contributed by atoms with Crippen LogP contribution in [0.25, 0.3) is 0 Å². The molecule has 104 valence electrons. The minimum absolute atomic E-state index is 0.270. The minimum Gasteiger partial charge on any atom is -0.316 e. The van der Waals surface area contributed by atoms with Crippen LogP contribution in [-0.4, -0.2) is 32.9 Å². The molecule has 5 heteroatoms. The molecule has 0 saturated carbocycles. The Morgan fingerprint density at radius 2 is 1.68 bits per heavy atom. The number of sulfonamides is 1. The fraction of sp³-hybridized carbons (Fsp3) is 0.286. The van der Waals surface area contributed by atoms with Gasteiger partial charge in [0, 0.05) is 19.6 Å². The van der Waals surface area contributed by atoms with Crippen molar-refractivity contribution in [2.45, 2.75) is 11.4 Å². The zero-order valence-electron chi connectivity index (χ0n) is 11.2. The molecular formula is C14H20N2O2S. The van der Waals surface area contributed by atoms with E-state index in [-0.39, 0.29) is 18.0 Å². The Kier molecular flexibility index (Phi) is 5.95. The van der Waals surface area contributed by atoms with Crippen LogP contribution in [0, 0.1) is 0 Å². The molecule has 0 radical (unpaired) electrons. The van der Waals surface area contributed by atoms with E-state index in [0.29, 0.717) is 6.54 Å². The molecule has 19 heavy (non-hydrogen) atoms. The second-order valence-electron chi connectivity index (χ2n) is 4.07. The van der Waals surface area contributed by atoms with E-state index in [1.165, 1.54) is 4.31 Å². The first-order chi connectivity index (χ1) is 9.06.